The van der Waals surface area contributed by atoms with E-state index in [4.69, 9.17) is 23.2 Å². The summed E-state index contributed by atoms with van der Waals surface area (Å²) in [6.07, 6.45) is 2.17. The molecule has 0 atom stereocenters. The van der Waals surface area contributed by atoms with Gasteiger partial charge in [-0.1, -0.05) is 23.2 Å². The smallest absolute Gasteiger partial charge is 0.143 e. The summed E-state index contributed by atoms with van der Waals surface area (Å²) in [6.45, 7) is 0. The largest absolute Gasteiger partial charge is 0.385 e. The normalized spacial score (nSPS) is 19.1. The Bertz CT molecular complexity index is 375. The minimum absolute atomic E-state index is 0.0170. The van der Waals surface area contributed by atoms with Gasteiger partial charge in [0.2, 0.25) is 0 Å². The molecule has 0 aromatic heterocycles. The van der Waals surface area contributed by atoms with Gasteiger partial charge in [0.1, 0.15) is 5.82 Å². The first kappa shape index (κ1) is 10.2. The lowest BCUT2D eigenvalue weighted by Gasteiger charge is -2.37. The zero-order chi connectivity index (χ0) is 10.3. The highest BCUT2D eigenvalue weighted by Gasteiger charge is 2.38. The predicted molar refractivity (Wildman–Crippen MR) is 54.2 cm³/mol. The van der Waals surface area contributed by atoms with Gasteiger partial charge >= 0.3 is 0 Å². The third-order valence-electron chi connectivity index (χ3n) is 2.68. The molecule has 2 rings (SSSR count). The molecule has 76 valence electrons. The predicted octanol–water partition coefficient (Wildman–Crippen LogP) is 3.50. The number of hydrogen-bond acceptors (Lipinski definition) is 1. The van der Waals surface area contributed by atoms with Crippen LogP contribution in [0.3, 0.4) is 0 Å². The molecule has 0 radical (unpaired) electrons. The Morgan fingerprint density at radius 2 is 1.93 bits per heavy atom. The van der Waals surface area contributed by atoms with Crippen molar-refractivity contribution in [3.8, 4) is 0 Å². The van der Waals surface area contributed by atoms with E-state index in [0.29, 0.717) is 18.4 Å². The summed E-state index contributed by atoms with van der Waals surface area (Å²) in [5.41, 5.74) is -0.557. The lowest BCUT2D eigenvalue weighted by molar-refractivity contribution is -0.0389. The molecule has 0 spiro atoms. The average molecular weight is 235 g/mol. The summed E-state index contributed by atoms with van der Waals surface area (Å²) in [4.78, 5) is 0. The van der Waals surface area contributed by atoms with Gasteiger partial charge in [0.15, 0.2) is 0 Å². The van der Waals surface area contributed by atoms with Gasteiger partial charge in [0, 0.05) is 10.6 Å². The van der Waals surface area contributed by atoms with E-state index in [1.54, 1.807) is 0 Å². The Morgan fingerprint density at radius 3 is 2.43 bits per heavy atom. The quantitative estimate of drug-likeness (QED) is 0.738. The molecule has 1 saturated carbocycles. The molecule has 14 heavy (non-hydrogen) atoms. The van der Waals surface area contributed by atoms with Crippen molar-refractivity contribution in [3.63, 3.8) is 0 Å². The second kappa shape index (κ2) is 3.37. The van der Waals surface area contributed by atoms with Crippen molar-refractivity contribution < 1.29 is 9.50 Å². The number of hydrogen-bond donors (Lipinski definition) is 1. The van der Waals surface area contributed by atoms with Gasteiger partial charge in [0.25, 0.3) is 0 Å². The Morgan fingerprint density at radius 1 is 1.29 bits per heavy atom. The molecule has 4 heteroatoms. The van der Waals surface area contributed by atoms with E-state index in [1.807, 2.05) is 0 Å². The zero-order valence-corrected chi connectivity index (χ0v) is 8.87. The first-order valence-electron chi connectivity index (χ1n) is 4.40. The van der Waals surface area contributed by atoms with E-state index < -0.39 is 11.4 Å². The van der Waals surface area contributed by atoms with Crippen LogP contribution in [0.1, 0.15) is 24.8 Å². The molecule has 1 N–H and O–H groups in total. The number of halogens is 3. The molecular formula is C10H9Cl2FO. The van der Waals surface area contributed by atoms with Crippen molar-refractivity contribution in [2.45, 2.75) is 24.9 Å². The van der Waals surface area contributed by atoms with Crippen LogP contribution in [0.25, 0.3) is 0 Å². The van der Waals surface area contributed by atoms with Crippen LogP contribution in [0.5, 0.6) is 0 Å². The average Bonchev–Trinajstić information content (AvgIpc) is 2.07. The Labute approximate surface area is 91.5 Å². The number of rotatable bonds is 1. The monoisotopic (exact) mass is 234 g/mol. The molecule has 1 aliphatic rings. The van der Waals surface area contributed by atoms with Crippen molar-refractivity contribution >= 4 is 23.2 Å². The minimum atomic E-state index is -0.969. The first-order valence-corrected chi connectivity index (χ1v) is 5.16. The van der Waals surface area contributed by atoms with Crippen LogP contribution in [0.15, 0.2) is 12.1 Å². The Kier molecular flexibility index (Phi) is 2.46. The molecule has 0 bridgehead atoms. The van der Waals surface area contributed by atoms with Gasteiger partial charge in [-0.2, -0.15) is 0 Å². The van der Waals surface area contributed by atoms with E-state index in [1.165, 1.54) is 6.07 Å². The van der Waals surface area contributed by atoms with Crippen LogP contribution < -0.4 is 0 Å². The highest BCUT2D eigenvalue weighted by atomic mass is 35.5. The van der Waals surface area contributed by atoms with Crippen molar-refractivity contribution in [2.24, 2.45) is 0 Å². The van der Waals surface area contributed by atoms with Crippen molar-refractivity contribution in [3.05, 3.63) is 33.6 Å². The highest BCUT2D eigenvalue weighted by Crippen LogP contribution is 2.45. The van der Waals surface area contributed by atoms with E-state index in [2.05, 4.69) is 0 Å². The van der Waals surface area contributed by atoms with Crippen molar-refractivity contribution in [1.82, 2.24) is 0 Å². The fourth-order valence-corrected chi connectivity index (χ4v) is 2.17. The summed E-state index contributed by atoms with van der Waals surface area (Å²) in [5, 5.41) is 10.3. The van der Waals surface area contributed by atoms with E-state index >= 15 is 0 Å². The molecule has 0 unspecified atom stereocenters. The van der Waals surface area contributed by atoms with E-state index in [-0.39, 0.29) is 10.0 Å². The molecule has 1 nitrogen and oxygen atoms in total. The maximum atomic E-state index is 13.2. The summed E-state index contributed by atoms with van der Waals surface area (Å²) >= 11 is 11.5. The molecule has 0 saturated heterocycles. The van der Waals surface area contributed by atoms with Crippen LogP contribution in [-0.4, -0.2) is 5.11 Å². The molecule has 1 fully saturated rings. The lowest BCUT2D eigenvalue weighted by atomic mass is 9.75. The Balaban J connectivity index is 2.51. The summed E-state index contributed by atoms with van der Waals surface area (Å²) in [7, 11) is 0. The van der Waals surface area contributed by atoms with Crippen LogP contribution in [0, 0.1) is 5.82 Å². The van der Waals surface area contributed by atoms with Gasteiger partial charge in [0.05, 0.1) is 10.6 Å². The molecule has 1 aromatic carbocycles. The zero-order valence-electron chi connectivity index (χ0n) is 7.36. The SMILES string of the molecule is OC1(c2cc(Cl)cc(F)c2Cl)CCC1. The summed E-state index contributed by atoms with van der Waals surface area (Å²) < 4.78 is 13.2. The molecule has 1 aromatic rings. The lowest BCUT2D eigenvalue weighted by Crippen LogP contribution is -2.34. The fourth-order valence-electron chi connectivity index (χ4n) is 1.68. The maximum absolute atomic E-state index is 13.2. The second-order valence-electron chi connectivity index (χ2n) is 3.63. The second-order valence-corrected chi connectivity index (χ2v) is 4.45. The highest BCUT2D eigenvalue weighted by molar-refractivity contribution is 6.33. The summed E-state index contributed by atoms with van der Waals surface area (Å²) in [6, 6.07) is 2.68. The molecule has 0 heterocycles. The third-order valence-corrected chi connectivity index (χ3v) is 3.28. The van der Waals surface area contributed by atoms with Gasteiger partial charge in [-0.3, -0.25) is 0 Å². The first-order chi connectivity index (χ1) is 6.53. The maximum Gasteiger partial charge on any atom is 0.143 e. The topological polar surface area (TPSA) is 20.2 Å². The Hall–Kier alpha value is -0.310. The van der Waals surface area contributed by atoms with Crippen LogP contribution in [-0.2, 0) is 5.60 Å². The fraction of sp³-hybridized carbons (Fsp3) is 0.400. The summed E-state index contributed by atoms with van der Waals surface area (Å²) in [5.74, 6) is -0.575. The van der Waals surface area contributed by atoms with Crippen LogP contribution >= 0.6 is 23.2 Å². The molecule has 1 aliphatic carbocycles. The number of aliphatic hydroxyl groups is 1. The van der Waals surface area contributed by atoms with Gasteiger partial charge in [-0.15, -0.1) is 0 Å². The van der Waals surface area contributed by atoms with Crippen molar-refractivity contribution in [1.29, 1.82) is 0 Å². The minimum Gasteiger partial charge on any atom is -0.385 e. The molecular weight excluding hydrogens is 226 g/mol. The van der Waals surface area contributed by atoms with Crippen LogP contribution in [0.4, 0.5) is 4.39 Å². The van der Waals surface area contributed by atoms with Gasteiger partial charge < -0.3 is 5.11 Å². The van der Waals surface area contributed by atoms with E-state index in [9.17, 15) is 9.50 Å². The molecule has 0 aliphatic heterocycles. The van der Waals surface area contributed by atoms with Gasteiger partial charge in [-0.05, 0) is 31.4 Å². The third kappa shape index (κ3) is 1.52. The molecule has 0 amide bonds. The van der Waals surface area contributed by atoms with Crippen LogP contribution in [0.2, 0.25) is 10.0 Å². The van der Waals surface area contributed by atoms with E-state index in [0.717, 1.165) is 12.5 Å². The van der Waals surface area contributed by atoms with Crippen molar-refractivity contribution in [2.75, 3.05) is 0 Å². The van der Waals surface area contributed by atoms with Gasteiger partial charge in [-0.25, -0.2) is 4.39 Å². The standard InChI is InChI=1S/C10H9Cl2FO/c11-6-4-7(9(12)8(13)5-6)10(14)2-1-3-10/h4-5,14H,1-3H2. The number of benzene rings is 1.